The van der Waals surface area contributed by atoms with Crippen molar-refractivity contribution in [3.05, 3.63) is 65.2 Å². The highest BCUT2D eigenvalue weighted by Gasteiger charge is 2.19. The van der Waals surface area contributed by atoms with Crippen LogP contribution in [-0.4, -0.2) is 56.1 Å². The molecule has 2 heterocycles. The van der Waals surface area contributed by atoms with Crippen LogP contribution in [0.4, 0.5) is 5.69 Å². The molecule has 30 heavy (non-hydrogen) atoms. The van der Waals surface area contributed by atoms with E-state index >= 15 is 0 Å². The molecule has 0 aliphatic carbocycles. The number of amides is 2. The molecule has 2 aliphatic heterocycles. The summed E-state index contributed by atoms with van der Waals surface area (Å²) in [5, 5.41) is 3.01. The quantitative estimate of drug-likeness (QED) is 0.828. The first-order chi connectivity index (χ1) is 14.7. The summed E-state index contributed by atoms with van der Waals surface area (Å²) in [6.45, 7) is 5.05. The SMILES string of the molecule is O=C(NCc1ccc(C(=O)N2CCCCC2)cc1)c1ccccc1N1CCOCC1. The van der Waals surface area contributed by atoms with Crippen LogP contribution in [0.2, 0.25) is 0 Å². The molecular formula is C24H29N3O3. The molecule has 2 aliphatic rings. The first kappa shape index (κ1) is 20.4. The smallest absolute Gasteiger partial charge is 0.253 e. The zero-order valence-corrected chi connectivity index (χ0v) is 17.3. The number of anilines is 1. The van der Waals surface area contributed by atoms with Crippen LogP contribution in [0.25, 0.3) is 0 Å². The monoisotopic (exact) mass is 407 g/mol. The lowest BCUT2D eigenvalue weighted by molar-refractivity contribution is 0.0724. The minimum absolute atomic E-state index is 0.0921. The molecule has 2 fully saturated rings. The molecule has 0 radical (unpaired) electrons. The number of hydrogen-bond donors (Lipinski definition) is 1. The lowest BCUT2D eigenvalue weighted by Crippen LogP contribution is -2.37. The van der Waals surface area contributed by atoms with E-state index in [1.165, 1.54) is 6.42 Å². The van der Waals surface area contributed by atoms with Crippen molar-refractivity contribution >= 4 is 17.5 Å². The third kappa shape index (κ3) is 4.82. The summed E-state index contributed by atoms with van der Waals surface area (Å²) in [5.74, 6) is 0.00952. The Morgan fingerprint density at radius 3 is 2.30 bits per heavy atom. The van der Waals surface area contributed by atoms with Gasteiger partial charge in [0.05, 0.1) is 18.8 Å². The van der Waals surface area contributed by atoms with Gasteiger partial charge in [0.1, 0.15) is 0 Å². The summed E-state index contributed by atoms with van der Waals surface area (Å²) < 4.78 is 5.42. The van der Waals surface area contributed by atoms with Crippen LogP contribution in [0, 0.1) is 0 Å². The largest absolute Gasteiger partial charge is 0.378 e. The van der Waals surface area contributed by atoms with Crippen LogP contribution in [0.1, 0.15) is 45.5 Å². The number of rotatable bonds is 5. The second kappa shape index (κ2) is 9.76. The Balaban J connectivity index is 1.37. The van der Waals surface area contributed by atoms with Gasteiger partial charge in [-0.1, -0.05) is 24.3 Å². The Morgan fingerprint density at radius 1 is 0.867 bits per heavy atom. The molecule has 6 heteroatoms. The molecule has 0 spiro atoms. The van der Waals surface area contributed by atoms with E-state index in [4.69, 9.17) is 4.74 Å². The lowest BCUT2D eigenvalue weighted by Gasteiger charge is -2.30. The minimum atomic E-state index is -0.0921. The van der Waals surface area contributed by atoms with E-state index in [1.807, 2.05) is 53.4 Å². The van der Waals surface area contributed by atoms with E-state index in [9.17, 15) is 9.59 Å². The maximum Gasteiger partial charge on any atom is 0.253 e. The van der Waals surface area contributed by atoms with Gasteiger partial charge >= 0.3 is 0 Å². The second-order valence-corrected chi connectivity index (χ2v) is 7.85. The van der Waals surface area contributed by atoms with Gasteiger partial charge < -0.3 is 19.9 Å². The second-order valence-electron chi connectivity index (χ2n) is 7.85. The van der Waals surface area contributed by atoms with Crippen molar-refractivity contribution < 1.29 is 14.3 Å². The molecule has 0 atom stereocenters. The zero-order chi connectivity index (χ0) is 20.8. The Kier molecular flexibility index (Phi) is 6.64. The third-order valence-electron chi connectivity index (χ3n) is 5.80. The van der Waals surface area contributed by atoms with Crippen LogP contribution in [0.15, 0.2) is 48.5 Å². The normalized spacial score (nSPS) is 16.9. The predicted octanol–water partition coefficient (Wildman–Crippen LogP) is 3.08. The summed E-state index contributed by atoms with van der Waals surface area (Å²) in [6, 6.07) is 15.3. The van der Waals surface area contributed by atoms with Crippen LogP contribution in [0.5, 0.6) is 0 Å². The molecule has 0 saturated carbocycles. The highest BCUT2D eigenvalue weighted by Crippen LogP contribution is 2.21. The van der Waals surface area contributed by atoms with E-state index in [0.29, 0.717) is 30.9 Å². The van der Waals surface area contributed by atoms with Crippen molar-refractivity contribution in [1.29, 1.82) is 0 Å². The molecule has 2 aromatic carbocycles. The van der Waals surface area contributed by atoms with Gasteiger partial charge in [-0.25, -0.2) is 0 Å². The number of piperidine rings is 1. The zero-order valence-electron chi connectivity index (χ0n) is 17.3. The third-order valence-corrected chi connectivity index (χ3v) is 5.80. The number of nitrogens with zero attached hydrogens (tertiary/aromatic N) is 2. The average Bonchev–Trinajstić information content (AvgIpc) is 2.83. The maximum atomic E-state index is 12.8. The molecule has 158 valence electrons. The van der Waals surface area contributed by atoms with Gasteiger partial charge in [0.25, 0.3) is 11.8 Å². The first-order valence-corrected chi connectivity index (χ1v) is 10.8. The molecule has 1 N–H and O–H groups in total. The van der Waals surface area contributed by atoms with Gasteiger partial charge in [-0.15, -0.1) is 0 Å². The van der Waals surface area contributed by atoms with Crippen LogP contribution < -0.4 is 10.2 Å². The standard InChI is InChI=1S/C24H29N3O3/c28-23(21-6-2-3-7-22(21)26-14-16-30-17-15-26)25-18-19-8-10-20(11-9-19)24(29)27-12-4-1-5-13-27/h2-3,6-11H,1,4-5,12-18H2,(H,25,28). The number of carbonyl (C=O) groups excluding carboxylic acids is 2. The molecule has 2 amide bonds. The number of hydrogen-bond acceptors (Lipinski definition) is 4. The summed E-state index contributed by atoms with van der Waals surface area (Å²) >= 11 is 0. The molecule has 2 saturated heterocycles. The van der Waals surface area contributed by atoms with E-state index in [0.717, 1.165) is 50.3 Å². The van der Waals surface area contributed by atoms with E-state index in [1.54, 1.807) is 0 Å². The summed E-state index contributed by atoms with van der Waals surface area (Å²) in [7, 11) is 0. The van der Waals surface area contributed by atoms with E-state index in [2.05, 4.69) is 10.2 Å². The first-order valence-electron chi connectivity index (χ1n) is 10.8. The Bertz CT molecular complexity index is 870. The van der Waals surface area contributed by atoms with Crippen molar-refractivity contribution in [3.63, 3.8) is 0 Å². The summed E-state index contributed by atoms with van der Waals surface area (Å²) in [4.78, 5) is 29.6. The van der Waals surface area contributed by atoms with Crippen molar-refractivity contribution in [2.24, 2.45) is 0 Å². The Morgan fingerprint density at radius 2 is 1.57 bits per heavy atom. The van der Waals surface area contributed by atoms with Gasteiger partial charge in [0.2, 0.25) is 0 Å². The van der Waals surface area contributed by atoms with Gasteiger partial charge in [0, 0.05) is 44.0 Å². The Hall–Kier alpha value is -2.86. The van der Waals surface area contributed by atoms with Gasteiger partial charge in [0.15, 0.2) is 0 Å². The number of morpholine rings is 1. The fraction of sp³-hybridized carbons (Fsp3) is 0.417. The summed E-state index contributed by atoms with van der Waals surface area (Å²) in [5.41, 5.74) is 3.31. The van der Waals surface area contributed by atoms with Crippen molar-refractivity contribution in [1.82, 2.24) is 10.2 Å². The lowest BCUT2D eigenvalue weighted by atomic mass is 10.1. The molecule has 0 unspecified atom stereocenters. The van der Waals surface area contributed by atoms with Crippen LogP contribution in [-0.2, 0) is 11.3 Å². The number of benzene rings is 2. The number of likely N-dealkylation sites (tertiary alicyclic amines) is 1. The minimum Gasteiger partial charge on any atom is -0.378 e. The molecule has 0 aromatic heterocycles. The van der Waals surface area contributed by atoms with Crippen LogP contribution in [0.3, 0.4) is 0 Å². The van der Waals surface area contributed by atoms with Crippen molar-refractivity contribution in [2.45, 2.75) is 25.8 Å². The van der Waals surface area contributed by atoms with Gasteiger partial charge in [-0.3, -0.25) is 9.59 Å². The topological polar surface area (TPSA) is 61.9 Å². The Labute approximate surface area is 177 Å². The van der Waals surface area contributed by atoms with Crippen molar-refractivity contribution in [2.75, 3.05) is 44.3 Å². The van der Waals surface area contributed by atoms with Gasteiger partial charge in [-0.2, -0.15) is 0 Å². The molecule has 6 nitrogen and oxygen atoms in total. The highest BCUT2D eigenvalue weighted by molar-refractivity contribution is 5.99. The molecule has 2 aromatic rings. The molecule has 4 rings (SSSR count). The van der Waals surface area contributed by atoms with E-state index < -0.39 is 0 Å². The fourth-order valence-corrected chi connectivity index (χ4v) is 4.07. The fourth-order valence-electron chi connectivity index (χ4n) is 4.07. The number of nitrogens with one attached hydrogen (secondary N) is 1. The molecule has 0 bridgehead atoms. The van der Waals surface area contributed by atoms with Crippen molar-refractivity contribution in [3.8, 4) is 0 Å². The van der Waals surface area contributed by atoms with E-state index in [-0.39, 0.29) is 11.8 Å². The number of ether oxygens (including phenoxy) is 1. The molecular weight excluding hydrogens is 378 g/mol. The van der Waals surface area contributed by atoms with Crippen LogP contribution >= 0.6 is 0 Å². The predicted molar refractivity (Wildman–Crippen MR) is 117 cm³/mol. The number of carbonyl (C=O) groups is 2. The number of para-hydroxylation sites is 1. The highest BCUT2D eigenvalue weighted by atomic mass is 16.5. The van der Waals surface area contributed by atoms with Gasteiger partial charge in [-0.05, 0) is 49.1 Å². The average molecular weight is 408 g/mol. The maximum absolute atomic E-state index is 12.8. The summed E-state index contributed by atoms with van der Waals surface area (Å²) in [6.07, 6.45) is 3.38.